The van der Waals surface area contributed by atoms with Crippen molar-refractivity contribution in [2.75, 3.05) is 13.2 Å². The van der Waals surface area contributed by atoms with Gasteiger partial charge in [-0.3, -0.25) is 4.68 Å². The highest BCUT2D eigenvalue weighted by molar-refractivity contribution is 5.25. The molecule has 15 heavy (non-hydrogen) atoms. The largest absolute Gasteiger partial charge is 0.381 e. The Hall–Kier alpha value is -0.870. The Morgan fingerprint density at radius 3 is 2.80 bits per heavy atom. The second-order valence-corrected chi connectivity index (χ2v) is 4.28. The molecule has 1 saturated heterocycles. The van der Waals surface area contributed by atoms with E-state index in [-0.39, 0.29) is 6.04 Å². The molecule has 1 fully saturated rings. The van der Waals surface area contributed by atoms with Crippen molar-refractivity contribution in [3.8, 4) is 0 Å². The lowest BCUT2D eigenvalue weighted by Crippen LogP contribution is -2.19. The first kappa shape index (κ1) is 10.6. The average Bonchev–Trinajstić information content (AvgIpc) is 2.61. The lowest BCUT2D eigenvalue weighted by Gasteiger charge is -2.24. The summed E-state index contributed by atoms with van der Waals surface area (Å²) >= 11 is 0. The van der Waals surface area contributed by atoms with Crippen LogP contribution in [0.15, 0.2) is 6.20 Å². The van der Waals surface area contributed by atoms with Gasteiger partial charge in [0, 0.05) is 43.5 Å². The average molecular weight is 209 g/mol. The second kappa shape index (κ2) is 4.33. The molecule has 0 amide bonds. The summed E-state index contributed by atoms with van der Waals surface area (Å²) in [6.45, 7) is 3.72. The molecule has 0 aliphatic carbocycles. The number of ether oxygens (including phenoxy) is 1. The zero-order valence-corrected chi connectivity index (χ0v) is 9.44. The fourth-order valence-corrected chi connectivity index (χ4v) is 2.29. The molecule has 1 aromatic heterocycles. The summed E-state index contributed by atoms with van der Waals surface area (Å²) in [5, 5.41) is 4.31. The molecule has 2 N–H and O–H groups in total. The Morgan fingerprint density at radius 1 is 1.53 bits per heavy atom. The molecule has 4 nitrogen and oxygen atoms in total. The minimum atomic E-state index is 0.0662. The predicted octanol–water partition coefficient (Wildman–Crippen LogP) is 1.33. The molecule has 1 aliphatic heterocycles. The molecule has 1 unspecified atom stereocenters. The van der Waals surface area contributed by atoms with E-state index in [0.717, 1.165) is 26.1 Å². The molecule has 0 spiro atoms. The van der Waals surface area contributed by atoms with Crippen molar-refractivity contribution < 1.29 is 4.74 Å². The Bertz CT molecular complexity index is 327. The SMILES string of the molecule is CC(N)c1cnn(C)c1C1CCOCC1. The zero-order chi connectivity index (χ0) is 10.8. The van der Waals surface area contributed by atoms with Crippen molar-refractivity contribution in [2.45, 2.75) is 31.7 Å². The quantitative estimate of drug-likeness (QED) is 0.799. The predicted molar refractivity (Wildman–Crippen MR) is 58.6 cm³/mol. The maximum Gasteiger partial charge on any atom is 0.0540 e. The van der Waals surface area contributed by atoms with Crippen LogP contribution < -0.4 is 5.73 Å². The first-order valence-corrected chi connectivity index (χ1v) is 5.55. The molecule has 0 saturated carbocycles. The fraction of sp³-hybridized carbons (Fsp3) is 0.727. The zero-order valence-electron chi connectivity index (χ0n) is 9.44. The number of aromatic nitrogens is 2. The van der Waals surface area contributed by atoms with Crippen LogP contribution in [0.1, 0.15) is 43.0 Å². The van der Waals surface area contributed by atoms with Gasteiger partial charge in [0.25, 0.3) is 0 Å². The van der Waals surface area contributed by atoms with Crippen LogP contribution in [0.25, 0.3) is 0 Å². The van der Waals surface area contributed by atoms with Gasteiger partial charge in [0.05, 0.1) is 6.20 Å². The first-order valence-electron chi connectivity index (χ1n) is 5.55. The number of hydrogen-bond acceptors (Lipinski definition) is 3. The molecule has 0 bridgehead atoms. The van der Waals surface area contributed by atoms with Crippen molar-refractivity contribution in [3.63, 3.8) is 0 Å². The van der Waals surface area contributed by atoms with Crippen molar-refractivity contribution in [2.24, 2.45) is 12.8 Å². The van der Waals surface area contributed by atoms with Gasteiger partial charge < -0.3 is 10.5 Å². The van der Waals surface area contributed by atoms with Crippen LogP contribution in [0.2, 0.25) is 0 Å². The van der Waals surface area contributed by atoms with Crippen LogP contribution in [0.4, 0.5) is 0 Å². The summed E-state index contributed by atoms with van der Waals surface area (Å²) < 4.78 is 7.34. The van der Waals surface area contributed by atoms with E-state index in [4.69, 9.17) is 10.5 Å². The minimum Gasteiger partial charge on any atom is -0.381 e. The van der Waals surface area contributed by atoms with Gasteiger partial charge in [0.2, 0.25) is 0 Å². The fourth-order valence-electron chi connectivity index (χ4n) is 2.29. The van der Waals surface area contributed by atoms with Crippen molar-refractivity contribution >= 4 is 0 Å². The van der Waals surface area contributed by atoms with Gasteiger partial charge in [-0.2, -0.15) is 5.10 Å². The highest BCUT2D eigenvalue weighted by atomic mass is 16.5. The van der Waals surface area contributed by atoms with Crippen LogP contribution >= 0.6 is 0 Å². The van der Waals surface area contributed by atoms with Crippen LogP contribution in [0, 0.1) is 0 Å². The van der Waals surface area contributed by atoms with E-state index in [1.807, 2.05) is 24.9 Å². The molecule has 84 valence electrons. The molecular weight excluding hydrogens is 190 g/mol. The van der Waals surface area contributed by atoms with Gasteiger partial charge in [-0.1, -0.05) is 0 Å². The van der Waals surface area contributed by atoms with Gasteiger partial charge in [-0.05, 0) is 19.8 Å². The Labute approximate surface area is 90.4 Å². The maximum absolute atomic E-state index is 5.95. The lowest BCUT2D eigenvalue weighted by molar-refractivity contribution is 0.0835. The number of nitrogens with zero attached hydrogens (tertiary/aromatic N) is 2. The molecule has 1 aromatic rings. The Morgan fingerprint density at radius 2 is 2.20 bits per heavy atom. The van der Waals surface area contributed by atoms with Crippen LogP contribution in [0.5, 0.6) is 0 Å². The van der Waals surface area contributed by atoms with E-state index in [0.29, 0.717) is 5.92 Å². The lowest BCUT2D eigenvalue weighted by atomic mass is 9.92. The third kappa shape index (κ3) is 2.06. The molecule has 0 aromatic carbocycles. The number of rotatable bonds is 2. The topological polar surface area (TPSA) is 53.1 Å². The minimum absolute atomic E-state index is 0.0662. The Kier molecular flexibility index (Phi) is 3.07. The van der Waals surface area contributed by atoms with E-state index < -0.39 is 0 Å². The van der Waals surface area contributed by atoms with Gasteiger partial charge in [0.15, 0.2) is 0 Å². The van der Waals surface area contributed by atoms with E-state index >= 15 is 0 Å². The van der Waals surface area contributed by atoms with E-state index in [2.05, 4.69) is 5.10 Å². The van der Waals surface area contributed by atoms with Crippen molar-refractivity contribution in [3.05, 3.63) is 17.5 Å². The van der Waals surface area contributed by atoms with Crippen LogP contribution in [-0.2, 0) is 11.8 Å². The third-order valence-corrected chi connectivity index (χ3v) is 3.11. The first-order chi connectivity index (χ1) is 7.20. The summed E-state index contributed by atoms with van der Waals surface area (Å²) in [7, 11) is 2.00. The highest BCUT2D eigenvalue weighted by Crippen LogP contribution is 2.30. The molecule has 4 heteroatoms. The standard InChI is InChI=1S/C11H19N3O/c1-8(12)10-7-13-14(2)11(10)9-3-5-15-6-4-9/h7-9H,3-6,12H2,1-2H3. The van der Waals surface area contributed by atoms with Gasteiger partial charge in [-0.25, -0.2) is 0 Å². The number of nitrogens with two attached hydrogens (primary N) is 1. The number of aryl methyl sites for hydroxylation is 1. The summed E-state index contributed by atoms with van der Waals surface area (Å²) in [6, 6.07) is 0.0662. The summed E-state index contributed by atoms with van der Waals surface area (Å²) in [6.07, 6.45) is 4.06. The van der Waals surface area contributed by atoms with Crippen LogP contribution in [-0.4, -0.2) is 23.0 Å². The summed E-state index contributed by atoms with van der Waals surface area (Å²) in [5.74, 6) is 0.562. The maximum atomic E-state index is 5.95. The van der Waals surface area contributed by atoms with Crippen molar-refractivity contribution in [1.82, 2.24) is 9.78 Å². The normalized spacial score (nSPS) is 20.5. The molecular formula is C11H19N3O. The smallest absolute Gasteiger partial charge is 0.0540 e. The monoisotopic (exact) mass is 209 g/mol. The molecule has 2 rings (SSSR count). The summed E-state index contributed by atoms with van der Waals surface area (Å²) in [5.41, 5.74) is 8.43. The highest BCUT2D eigenvalue weighted by Gasteiger charge is 2.23. The van der Waals surface area contributed by atoms with E-state index in [1.54, 1.807) is 0 Å². The van der Waals surface area contributed by atoms with E-state index in [9.17, 15) is 0 Å². The third-order valence-electron chi connectivity index (χ3n) is 3.11. The molecule has 0 radical (unpaired) electrons. The molecule has 1 aliphatic rings. The van der Waals surface area contributed by atoms with Gasteiger partial charge >= 0.3 is 0 Å². The number of hydrogen-bond donors (Lipinski definition) is 1. The molecule has 2 heterocycles. The molecule has 1 atom stereocenters. The Balaban J connectivity index is 2.28. The van der Waals surface area contributed by atoms with Crippen LogP contribution in [0.3, 0.4) is 0 Å². The van der Waals surface area contributed by atoms with Crippen molar-refractivity contribution in [1.29, 1.82) is 0 Å². The second-order valence-electron chi connectivity index (χ2n) is 4.28. The summed E-state index contributed by atoms with van der Waals surface area (Å²) in [4.78, 5) is 0. The van der Waals surface area contributed by atoms with Gasteiger partial charge in [0.1, 0.15) is 0 Å². The van der Waals surface area contributed by atoms with Gasteiger partial charge in [-0.15, -0.1) is 0 Å². The van der Waals surface area contributed by atoms with E-state index in [1.165, 1.54) is 11.3 Å².